The van der Waals surface area contributed by atoms with E-state index in [-0.39, 0.29) is 6.04 Å². The maximum atomic E-state index is 6.13. The highest BCUT2D eigenvalue weighted by molar-refractivity contribution is 9.10. The second-order valence-electron chi connectivity index (χ2n) is 5.43. The molecule has 2 N–H and O–H groups in total. The van der Waals surface area contributed by atoms with Gasteiger partial charge in [0.2, 0.25) is 0 Å². The number of hydrogen-bond acceptors (Lipinski definition) is 3. The van der Waals surface area contributed by atoms with Gasteiger partial charge in [0.15, 0.2) is 0 Å². The lowest BCUT2D eigenvalue weighted by atomic mass is 10.0. The molecule has 20 heavy (non-hydrogen) atoms. The molecular weight excluding hydrogens is 316 g/mol. The fraction of sp³-hybridized carbons (Fsp3) is 0.625. The fourth-order valence-corrected chi connectivity index (χ4v) is 2.60. The minimum Gasteiger partial charge on any atom is -0.383 e. The van der Waals surface area contributed by atoms with Crippen LogP contribution in [-0.2, 0) is 11.2 Å². The first-order valence-corrected chi connectivity index (χ1v) is 8.08. The van der Waals surface area contributed by atoms with Gasteiger partial charge in [-0.2, -0.15) is 0 Å². The molecule has 0 aliphatic rings. The summed E-state index contributed by atoms with van der Waals surface area (Å²) in [6.45, 7) is 8.16. The summed E-state index contributed by atoms with van der Waals surface area (Å²) in [4.78, 5) is 2.38. The normalized spacial score (nSPS) is 12.8. The molecule has 3 nitrogen and oxygen atoms in total. The average molecular weight is 343 g/mol. The molecule has 114 valence electrons. The van der Waals surface area contributed by atoms with Crippen LogP contribution in [0.25, 0.3) is 0 Å². The van der Waals surface area contributed by atoms with Gasteiger partial charge < -0.3 is 15.4 Å². The molecule has 0 saturated heterocycles. The Bertz CT molecular complexity index is 409. The summed E-state index contributed by atoms with van der Waals surface area (Å²) < 4.78 is 6.34. The molecule has 0 heterocycles. The third kappa shape index (κ3) is 5.08. The molecule has 1 aromatic carbocycles. The molecule has 0 aliphatic heterocycles. The molecule has 0 fully saturated rings. The van der Waals surface area contributed by atoms with Crippen LogP contribution in [0, 0.1) is 0 Å². The standard InChI is InChI=1S/C16H27BrN2O/c1-5-15(18)10-13-6-7-14(17)11-16(13)19(12(2)3)8-9-20-4/h6-7,11-12,15H,5,8-10,18H2,1-4H3. The van der Waals surface area contributed by atoms with Crippen LogP contribution in [0.3, 0.4) is 0 Å². The zero-order valence-corrected chi connectivity index (χ0v) is 14.6. The molecule has 1 atom stereocenters. The van der Waals surface area contributed by atoms with E-state index >= 15 is 0 Å². The second-order valence-corrected chi connectivity index (χ2v) is 6.34. The Morgan fingerprint density at radius 2 is 2.05 bits per heavy atom. The molecule has 1 unspecified atom stereocenters. The number of ether oxygens (including phenoxy) is 1. The van der Waals surface area contributed by atoms with E-state index in [0.29, 0.717) is 6.04 Å². The van der Waals surface area contributed by atoms with E-state index in [9.17, 15) is 0 Å². The fourth-order valence-electron chi connectivity index (χ4n) is 2.25. The van der Waals surface area contributed by atoms with Crippen molar-refractivity contribution < 1.29 is 4.74 Å². The van der Waals surface area contributed by atoms with Crippen molar-refractivity contribution in [3.05, 3.63) is 28.2 Å². The maximum Gasteiger partial charge on any atom is 0.0637 e. The van der Waals surface area contributed by atoms with Crippen LogP contribution in [0.1, 0.15) is 32.8 Å². The molecule has 1 aromatic rings. The summed E-state index contributed by atoms with van der Waals surface area (Å²) in [6.07, 6.45) is 1.91. The molecule has 4 heteroatoms. The number of nitrogens with two attached hydrogens (primary N) is 1. The Morgan fingerprint density at radius 3 is 2.60 bits per heavy atom. The van der Waals surface area contributed by atoms with Crippen molar-refractivity contribution in [2.75, 3.05) is 25.2 Å². The average Bonchev–Trinajstić information content (AvgIpc) is 2.41. The summed E-state index contributed by atoms with van der Waals surface area (Å²) >= 11 is 3.58. The van der Waals surface area contributed by atoms with Crippen molar-refractivity contribution >= 4 is 21.6 Å². The molecule has 1 rings (SSSR count). The summed E-state index contributed by atoms with van der Waals surface area (Å²) in [7, 11) is 1.74. The number of methoxy groups -OCH3 is 1. The lowest BCUT2D eigenvalue weighted by Crippen LogP contribution is -2.35. The first-order chi connectivity index (χ1) is 9.49. The van der Waals surface area contributed by atoms with E-state index in [1.165, 1.54) is 11.3 Å². The van der Waals surface area contributed by atoms with E-state index in [0.717, 1.165) is 30.5 Å². The Balaban J connectivity index is 3.06. The Labute approximate surface area is 131 Å². The molecule has 0 aromatic heterocycles. The van der Waals surface area contributed by atoms with Crippen molar-refractivity contribution in [2.24, 2.45) is 5.73 Å². The highest BCUT2D eigenvalue weighted by Gasteiger charge is 2.16. The number of rotatable bonds is 8. The largest absolute Gasteiger partial charge is 0.383 e. The van der Waals surface area contributed by atoms with Gasteiger partial charge in [-0.25, -0.2) is 0 Å². The SMILES string of the molecule is CCC(N)Cc1ccc(Br)cc1N(CCOC)C(C)C. The topological polar surface area (TPSA) is 38.5 Å². The van der Waals surface area contributed by atoms with E-state index in [1.807, 2.05) is 0 Å². The van der Waals surface area contributed by atoms with Gasteiger partial charge in [0, 0.05) is 35.9 Å². The van der Waals surface area contributed by atoms with Crippen LogP contribution in [0.2, 0.25) is 0 Å². The van der Waals surface area contributed by atoms with Gasteiger partial charge in [-0.05, 0) is 44.4 Å². The summed E-state index contributed by atoms with van der Waals surface area (Å²) in [6, 6.07) is 7.10. The molecule has 0 aliphatic carbocycles. The number of nitrogens with zero attached hydrogens (tertiary/aromatic N) is 1. The van der Waals surface area contributed by atoms with Gasteiger partial charge in [0.1, 0.15) is 0 Å². The molecule has 0 spiro atoms. The van der Waals surface area contributed by atoms with Gasteiger partial charge >= 0.3 is 0 Å². The zero-order valence-electron chi connectivity index (χ0n) is 13.0. The number of halogens is 1. The van der Waals surface area contributed by atoms with Crippen LogP contribution < -0.4 is 10.6 Å². The van der Waals surface area contributed by atoms with Crippen LogP contribution in [0.15, 0.2) is 22.7 Å². The number of anilines is 1. The van der Waals surface area contributed by atoms with Gasteiger partial charge in [-0.15, -0.1) is 0 Å². The number of hydrogen-bond donors (Lipinski definition) is 1. The predicted octanol–water partition coefficient (Wildman–Crippen LogP) is 3.59. The highest BCUT2D eigenvalue weighted by atomic mass is 79.9. The van der Waals surface area contributed by atoms with Crippen molar-refractivity contribution in [3.8, 4) is 0 Å². The molecule has 0 amide bonds. The summed E-state index contributed by atoms with van der Waals surface area (Å²) in [5.41, 5.74) is 8.71. The Morgan fingerprint density at radius 1 is 1.35 bits per heavy atom. The quantitative estimate of drug-likeness (QED) is 0.784. The van der Waals surface area contributed by atoms with Crippen molar-refractivity contribution in [1.82, 2.24) is 0 Å². The van der Waals surface area contributed by atoms with Gasteiger partial charge in [-0.3, -0.25) is 0 Å². The van der Waals surface area contributed by atoms with Crippen molar-refractivity contribution in [1.29, 1.82) is 0 Å². The van der Waals surface area contributed by atoms with Crippen LogP contribution in [-0.4, -0.2) is 32.3 Å². The van der Waals surface area contributed by atoms with Crippen LogP contribution >= 0.6 is 15.9 Å². The van der Waals surface area contributed by atoms with Gasteiger partial charge in [0.05, 0.1) is 6.61 Å². The monoisotopic (exact) mass is 342 g/mol. The Hall–Kier alpha value is -0.580. The highest BCUT2D eigenvalue weighted by Crippen LogP contribution is 2.28. The van der Waals surface area contributed by atoms with E-state index < -0.39 is 0 Å². The zero-order chi connectivity index (χ0) is 15.1. The minimum absolute atomic E-state index is 0.214. The van der Waals surface area contributed by atoms with E-state index in [1.54, 1.807) is 7.11 Å². The van der Waals surface area contributed by atoms with Crippen molar-refractivity contribution in [3.63, 3.8) is 0 Å². The molecular formula is C16H27BrN2O. The lowest BCUT2D eigenvalue weighted by Gasteiger charge is -2.31. The van der Waals surface area contributed by atoms with Gasteiger partial charge in [0.25, 0.3) is 0 Å². The van der Waals surface area contributed by atoms with E-state index in [2.05, 4.69) is 59.8 Å². The molecule has 0 radical (unpaired) electrons. The third-order valence-electron chi connectivity index (χ3n) is 3.52. The van der Waals surface area contributed by atoms with Crippen molar-refractivity contribution in [2.45, 2.75) is 45.7 Å². The van der Waals surface area contributed by atoms with Crippen LogP contribution in [0.4, 0.5) is 5.69 Å². The summed E-state index contributed by atoms with van der Waals surface area (Å²) in [5.74, 6) is 0. The Kier molecular flexibility index (Phi) is 7.56. The summed E-state index contributed by atoms with van der Waals surface area (Å²) in [5, 5.41) is 0. The van der Waals surface area contributed by atoms with Crippen LogP contribution in [0.5, 0.6) is 0 Å². The smallest absolute Gasteiger partial charge is 0.0637 e. The number of benzene rings is 1. The predicted molar refractivity (Wildman–Crippen MR) is 90.5 cm³/mol. The molecule has 0 bridgehead atoms. The first-order valence-electron chi connectivity index (χ1n) is 7.29. The maximum absolute atomic E-state index is 6.13. The molecule has 0 saturated carbocycles. The third-order valence-corrected chi connectivity index (χ3v) is 4.02. The van der Waals surface area contributed by atoms with E-state index in [4.69, 9.17) is 10.5 Å². The lowest BCUT2D eigenvalue weighted by molar-refractivity contribution is 0.204. The minimum atomic E-state index is 0.214. The van der Waals surface area contributed by atoms with Gasteiger partial charge in [-0.1, -0.05) is 28.9 Å². The first kappa shape index (κ1) is 17.5. The second kappa shape index (κ2) is 8.65.